The van der Waals surface area contributed by atoms with E-state index >= 15 is 0 Å². The Morgan fingerprint density at radius 2 is 1.39 bits per heavy atom. The van der Waals surface area contributed by atoms with Gasteiger partial charge in [0.1, 0.15) is 13.2 Å². The molecule has 0 heterocycles. The Balaban J connectivity index is 1.71. The lowest BCUT2D eigenvalue weighted by molar-refractivity contribution is -0.0318. The van der Waals surface area contributed by atoms with Crippen LogP contribution in [0.4, 0.5) is 21.0 Å². The van der Waals surface area contributed by atoms with E-state index in [4.69, 9.17) is 9.47 Å². The van der Waals surface area contributed by atoms with E-state index in [9.17, 15) is 9.59 Å². The zero-order valence-electron chi connectivity index (χ0n) is 21.8. The van der Waals surface area contributed by atoms with Gasteiger partial charge in [0.05, 0.1) is 0 Å². The predicted octanol–water partition coefficient (Wildman–Crippen LogP) is 7.82. The highest BCUT2D eigenvalue weighted by Gasteiger charge is 2.46. The molecule has 0 aromatic heterocycles. The van der Waals surface area contributed by atoms with Gasteiger partial charge in [-0.1, -0.05) is 73.5 Å². The number of benzene rings is 2. The molecule has 2 N–H and O–H groups in total. The molecule has 0 bridgehead atoms. The molecule has 0 saturated heterocycles. The van der Waals surface area contributed by atoms with E-state index in [2.05, 4.69) is 50.5 Å². The number of anilines is 2. The lowest BCUT2D eigenvalue weighted by atomic mass is 9.62. The number of carbonyl (C=O) groups excluding carboxylic acids is 2. The van der Waals surface area contributed by atoms with Crippen LogP contribution in [0.5, 0.6) is 0 Å². The molecule has 2 aromatic carbocycles. The van der Waals surface area contributed by atoms with Crippen LogP contribution in [0.15, 0.2) is 84.0 Å². The Labute approximate surface area is 214 Å². The molecule has 0 radical (unpaired) electrons. The van der Waals surface area contributed by atoms with Gasteiger partial charge in [0.15, 0.2) is 0 Å². The Kier molecular flexibility index (Phi) is 9.74. The van der Waals surface area contributed by atoms with Crippen molar-refractivity contribution in [1.29, 1.82) is 0 Å². The highest BCUT2D eigenvalue weighted by Crippen LogP contribution is 2.46. The van der Waals surface area contributed by atoms with Crippen molar-refractivity contribution in [3.05, 3.63) is 84.0 Å². The summed E-state index contributed by atoms with van der Waals surface area (Å²) in [6.07, 6.45) is 6.36. The quantitative estimate of drug-likeness (QED) is 0.351. The monoisotopic (exact) mass is 490 g/mol. The van der Waals surface area contributed by atoms with Crippen LogP contribution >= 0.6 is 0 Å². The Morgan fingerprint density at radius 1 is 0.889 bits per heavy atom. The Bertz CT molecular complexity index is 1000. The van der Waals surface area contributed by atoms with Gasteiger partial charge in [0.25, 0.3) is 0 Å². The molecule has 1 aliphatic rings. The van der Waals surface area contributed by atoms with Crippen molar-refractivity contribution in [2.24, 2.45) is 17.3 Å². The summed E-state index contributed by atoms with van der Waals surface area (Å²) in [6, 6.07) is 18.4. The van der Waals surface area contributed by atoms with E-state index in [1.807, 2.05) is 36.4 Å². The van der Waals surface area contributed by atoms with Crippen LogP contribution in [0.2, 0.25) is 0 Å². The zero-order valence-corrected chi connectivity index (χ0v) is 21.8. The van der Waals surface area contributed by atoms with Gasteiger partial charge in [0, 0.05) is 16.8 Å². The number of allylic oxidation sites excluding steroid dienone is 4. The molecule has 192 valence electrons. The van der Waals surface area contributed by atoms with Gasteiger partial charge in [-0.05, 0) is 69.2 Å². The fraction of sp³-hybridized carbons (Fsp3) is 0.400. The number of nitrogens with one attached hydrogen (secondary N) is 2. The maximum Gasteiger partial charge on any atom is 0.411 e. The molecule has 2 atom stereocenters. The number of carbonyl (C=O) groups is 2. The molecule has 1 aliphatic carbocycles. The maximum atomic E-state index is 12.6. The van der Waals surface area contributed by atoms with Gasteiger partial charge in [-0.25, -0.2) is 9.59 Å². The molecule has 0 spiro atoms. The SMILES string of the molecule is CC(C)=CCCC1=C[C@@H](C)C(COC(=O)Nc2ccccc2)(COC(=O)Nc2ccccc2)[C@H](C)C1. The molecule has 6 heteroatoms. The molecule has 0 saturated carbocycles. The summed E-state index contributed by atoms with van der Waals surface area (Å²) >= 11 is 0. The first-order chi connectivity index (χ1) is 17.3. The highest BCUT2D eigenvalue weighted by molar-refractivity contribution is 5.85. The van der Waals surface area contributed by atoms with Crippen LogP contribution in [-0.2, 0) is 9.47 Å². The van der Waals surface area contributed by atoms with Crippen molar-refractivity contribution in [2.75, 3.05) is 23.8 Å². The molecule has 2 amide bonds. The molecule has 0 aliphatic heterocycles. The molecule has 0 unspecified atom stereocenters. The third-order valence-electron chi connectivity index (χ3n) is 6.94. The van der Waals surface area contributed by atoms with Crippen molar-refractivity contribution in [3.8, 4) is 0 Å². The minimum absolute atomic E-state index is 0.0528. The predicted molar refractivity (Wildman–Crippen MR) is 145 cm³/mol. The second kappa shape index (κ2) is 13.0. The van der Waals surface area contributed by atoms with E-state index in [0.29, 0.717) is 11.4 Å². The van der Waals surface area contributed by atoms with Crippen LogP contribution in [0.25, 0.3) is 0 Å². The molecule has 3 rings (SSSR count). The molecule has 36 heavy (non-hydrogen) atoms. The van der Waals surface area contributed by atoms with Crippen molar-refractivity contribution >= 4 is 23.6 Å². The number of rotatable bonds is 9. The van der Waals surface area contributed by atoms with Crippen molar-refractivity contribution < 1.29 is 19.1 Å². The number of amides is 2. The minimum atomic E-state index is -0.540. The van der Waals surface area contributed by atoms with E-state index in [1.165, 1.54) is 11.1 Å². The van der Waals surface area contributed by atoms with Gasteiger partial charge in [-0.2, -0.15) is 0 Å². The van der Waals surface area contributed by atoms with Gasteiger partial charge in [0.2, 0.25) is 0 Å². The van der Waals surface area contributed by atoms with Crippen molar-refractivity contribution in [1.82, 2.24) is 0 Å². The molecule has 6 nitrogen and oxygen atoms in total. The smallest absolute Gasteiger partial charge is 0.411 e. The van der Waals surface area contributed by atoms with Crippen LogP contribution in [0, 0.1) is 17.3 Å². The Hall–Kier alpha value is -3.54. The standard InChI is InChI=1S/C30H38N2O4/c1-22(2)12-11-13-25-18-23(3)30(24(4)19-25,20-35-28(33)31-26-14-7-5-8-15-26)21-36-29(34)32-27-16-9-6-10-17-27/h5-10,12,14-18,23-24H,11,13,19-21H2,1-4H3,(H,31,33)(H,32,34)/t23-,24-/m1/s1. The first-order valence-electron chi connectivity index (χ1n) is 12.6. The average Bonchev–Trinajstić information content (AvgIpc) is 2.84. The zero-order chi connectivity index (χ0) is 26.0. The normalized spacial score (nSPS) is 18.4. The van der Waals surface area contributed by atoms with Gasteiger partial charge < -0.3 is 9.47 Å². The van der Waals surface area contributed by atoms with E-state index in [-0.39, 0.29) is 25.0 Å². The number of hydrogen-bond acceptors (Lipinski definition) is 4. The fourth-order valence-electron chi connectivity index (χ4n) is 4.70. The summed E-state index contributed by atoms with van der Waals surface area (Å²) in [6.45, 7) is 8.78. The molecular weight excluding hydrogens is 452 g/mol. The van der Waals surface area contributed by atoms with Crippen molar-refractivity contribution in [2.45, 2.75) is 47.0 Å². The maximum absolute atomic E-state index is 12.6. The van der Waals surface area contributed by atoms with Gasteiger partial charge in [-0.15, -0.1) is 0 Å². The van der Waals surface area contributed by atoms with Crippen LogP contribution in [0.1, 0.15) is 47.0 Å². The van der Waals surface area contributed by atoms with Crippen LogP contribution < -0.4 is 10.6 Å². The summed E-state index contributed by atoms with van der Waals surface area (Å²) in [5, 5.41) is 5.54. The molecule has 0 fully saturated rings. The Morgan fingerprint density at radius 3 is 1.83 bits per heavy atom. The first kappa shape index (κ1) is 27.1. The van der Waals surface area contributed by atoms with Crippen LogP contribution in [-0.4, -0.2) is 25.4 Å². The third kappa shape index (κ3) is 7.74. The highest BCUT2D eigenvalue weighted by atomic mass is 16.6. The van der Waals surface area contributed by atoms with E-state index in [0.717, 1.165) is 19.3 Å². The van der Waals surface area contributed by atoms with Gasteiger partial charge in [-0.3, -0.25) is 10.6 Å². The summed E-state index contributed by atoms with van der Waals surface area (Å²) < 4.78 is 11.5. The van der Waals surface area contributed by atoms with Gasteiger partial charge >= 0.3 is 12.2 Å². The largest absolute Gasteiger partial charge is 0.449 e. The first-order valence-corrected chi connectivity index (χ1v) is 12.6. The molecular formula is C30H38N2O4. The topological polar surface area (TPSA) is 76.7 Å². The summed E-state index contributed by atoms with van der Waals surface area (Å²) in [5.41, 5.74) is 3.51. The van der Waals surface area contributed by atoms with Crippen molar-refractivity contribution in [3.63, 3.8) is 0 Å². The summed E-state index contributed by atoms with van der Waals surface area (Å²) in [7, 11) is 0. The fourth-order valence-corrected chi connectivity index (χ4v) is 4.70. The number of hydrogen-bond donors (Lipinski definition) is 2. The summed E-state index contributed by atoms with van der Waals surface area (Å²) in [4.78, 5) is 25.2. The molecule has 2 aromatic rings. The average molecular weight is 491 g/mol. The van der Waals surface area contributed by atoms with E-state index in [1.54, 1.807) is 24.3 Å². The second-order valence-corrected chi connectivity index (χ2v) is 9.91. The third-order valence-corrected chi connectivity index (χ3v) is 6.94. The van der Waals surface area contributed by atoms with E-state index < -0.39 is 17.6 Å². The summed E-state index contributed by atoms with van der Waals surface area (Å²) in [5.74, 6) is 0.199. The number of ether oxygens (including phenoxy) is 2. The van der Waals surface area contributed by atoms with Crippen LogP contribution in [0.3, 0.4) is 0 Å². The second-order valence-electron chi connectivity index (χ2n) is 9.91. The lowest BCUT2D eigenvalue weighted by Gasteiger charge is -2.45. The minimum Gasteiger partial charge on any atom is -0.449 e. The number of para-hydroxylation sites is 2. The lowest BCUT2D eigenvalue weighted by Crippen LogP contribution is -2.47.